The molecule has 1 fully saturated rings. The Labute approximate surface area is 160 Å². The molecule has 1 saturated heterocycles. The van der Waals surface area contributed by atoms with Crippen LogP contribution in [0.2, 0.25) is 0 Å². The minimum Gasteiger partial charge on any atom is -0.306 e. The summed E-state index contributed by atoms with van der Waals surface area (Å²) in [5.41, 5.74) is 4.00. The average Bonchev–Trinajstić information content (AvgIpc) is 3.07. The van der Waals surface area contributed by atoms with Gasteiger partial charge in [-0.15, -0.1) is 11.6 Å². The third-order valence-electron chi connectivity index (χ3n) is 5.87. The zero-order chi connectivity index (χ0) is 18.1. The molecule has 4 heteroatoms. The van der Waals surface area contributed by atoms with Crippen LogP contribution in [-0.2, 0) is 6.42 Å². The van der Waals surface area contributed by atoms with Crippen molar-refractivity contribution in [2.24, 2.45) is 0 Å². The summed E-state index contributed by atoms with van der Waals surface area (Å²) in [6, 6.07) is 16.5. The van der Waals surface area contributed by atoms with Crippen molar-refractivity contribution >= 4 is 11.6 Å². The van der Waals surface area contributed by atoms with Crippen LogP contribution in [0.3, 0.4) is 0 Å². The summed E-state index contributed by atoms with van der Waals surface area (Å²) < 4.78 is 13.4. The first kappa shape index (κ1) is 18.0. The summed E-state index contributed by atoms with van der Waals surface area (Å²) in [6.07, 6.45) is 4.41. The third kappa shape index (κ3) is 3.28. The van der Waals surface area contributed by atoms with E-state index < -0.39 is 0 Å². The molecule has 2 nitrogen and oxygen atoms in total. The lowest BCUT2D eigenvalue weighted by molar-refractivity contribution is 0.0481. The van der Waals surface area contributed by atoms with E-state index in [1.54, 1.807) is 12.1 Å². The maximum Gasteiger partial charge on any atom is 0.123 e. The van der Waals surface area contributed by atoms with E-state index in [4.69, 9.17) is 11.6 Å². The molecule has 1 aliphatic carbocycles. The van der Waals surface area contributed by atoms with Crippen LogP contribution >= 0.6 is 11.6 Å². The molecule has 0 spiro atoms. The van der Waals surface area contributed by atoms with Crippen molar-refractivity contribution in [1.29, 1.82) is 0 Å². The lowest BCUT2D eigenvalue weighted by atomic mass is 9.90. The molecule has 4 unspecified atom stereocenters. The second-order valence-corrected chi connectivity index (χ2v) is 7.93. The molecule has 0 bridgehead atoms. The maximum absolute atomic E-state index is 13.4. The summed E-state index contributed by atoms with van der Waals surface area (Å²) in [6.45, 7) is 2.96. The second-order valence-electron chi connectivity index (χ2n) is 7.43. The SMILES string of the molecule is CCCC1C(c2ccc(F)cc2)NCC(Cl)N1C1CCc2ccccc21. The first-order valence-corrected chi connectivity index (χ1v) is 10.1. The molecule has 1 N–H and O–H groups in total. The van der Waals surface area contributed by atoms with Crippen LogP contribution in [0, 0.1) is 5.82 Å². The van der Waals surface area contributed by atoms with E-state index in [0.29, 0.717) is 12.1 Å². The van der Waals surface area contributed by atoms with E-state index in [9.17, 15) is 4.39 Å². The van der Waals surface area contributed by atoms with Gasteiger partial charge in [0.2, 0.25) is 0 Å². The fourth-order valence-electron chi connectivity index (χ4n) is 4.74. The maximum atomic E-state index is 13.4. The molecule has 4 rings (SSSR count). The number of benzene rings is 2. The lowest BCUT2D eigenvalue weighted by Crippen LogP contribution is -2.57. The van der Waals surface area contributed by atoms with Crippen molar-refractivity contribution in [2.75, 3.05) is 6.54 Å². The smallest absolute Gasteiger partial charge is 0.123 e. The number of aryl methyl sites for hydroxylation is 1. The molecule has 138 valence electrons. The minimum absolute atomic E-state index is 0.0283. The zero-order valence-corrected chi connectivity index (χ0v) is 15.9. The molecular formula is C22H26ClFN2. The van der Waals surface area contributed by atoms with E-state index >= 15 is 0 Å². The van der Waals surface area contributed by atoms with E-state index in [0.717, 1.165) is 37.8 Å². The minimum atomic E-state index is -0.187. The van der Waals surface area contributed by atoms with Gasteiger partial charge in [0.1, 0.15) is 5.82 Å². The summed E-state index contributed by atoms with van der Waals surface area (Å²) >= 11 is 6.84. The number of halogens is 2. The van der Waals surface area contributed by atoms with Gasteiger partial charge in [0.25, 0.3) is 0 Å². The van der Waals surface area contributed by atoms with Crippen LogP contribution in [0.5, 0.6) is 0 Å². The van der Waals surface area contributed by atoms with Crippen molar-refractivity contribution in [3.05, 3.63) is 71.0 Å². The monoisotopic (exact) mass is 372 g/mol. The van der Waals surface area contributed by atoms with E-state index in [1.165, 1.54) is 11.1 Å². The molecule has 1 heterocycles. The van der Waals surface area contributed by atoms with E-state index in [2.05, 4.69) is 41.4 Å². The number of alkyl halides is 1. The van der Waals surface area contributed by atoms with Crippen LogP contribution in [0.4, 0.5) is 4.39 Å². The van der Waals surface area contributed by atoms with Gasteiger partial charge in [-0.05, 0) is 48.1 Å². The second kappa shape index (κ2) is 7.67. The lowest BCUT2D eigenvalue weighted by Gasteiger charge is -2.48. The van der Waals surface area contributed by atoms with Crippen molar-refractivity contribution < 1.29 is 4.39 Å². The molecule has 2 aromatic carbocycles. The third-order valence-corrected chi connectivity index (χ3v) is 6.25. The molecule has 2 aliphatic rings. The van der Waals surface area contributed by atoms with Gasteiger partial charge in [0, 0.05) is 24.7 Å². The summed E-state index contributed by atoms with van der Waals surface area (Å²) in [5.74, 6) is -0.187. The van der Waals surface area contributed by atoms with Crippen LogP contribution in [0.25, 0.3) is 0 Å². The molecule has 1 aliphatic heterocycles. The fraction of sp³-hybridized carbons (Fsp3) is 0.455. The number of rotatable bonds is 4. The quantitative estimate of drug-likeness (QED) is 0.586. The van der Waals surface area contributed by atoms with Crippen LogP contribution in [0.1, 0.15) is 55.0 Å². The Morgan fingerprint density at radius 1 is 1.15 bits per heavy atom. The zero-order valence-electron chi connectivity index (χ0n) is 15.2. The van der Waals surface area contributed by atoms with Gasteiger partial charge in [-0.3, -0.25) is 4.90 Å². The standard InChI is InChI=1S/C22H26ClFN2/c1-2-5-20-22(16-8-11-17(24)12-9-16)25-14-21(23)26(20)19-13-10-15-6-3-4-7-18(15)19/h3-4,6-9,11-12,19-22,25H,2,5,10,13-14H2,1H3. The highest BCUT2D eigenvalue weighted by molar-refractivity contribution is 6.20. The topological polar surface area (TPSA) is 15.3 Å². The fourth-order valence-corrected chi connectivity index (χ4v) is 5.11. The van der Waals surface area contributed by atoms with Crippen LogP contribution in [-0.4, -0.2) is 23.0 Å². The largest absolute Gasteiger partial charge is 0.306 e. The molecule has 0 amide bonds. The van der Waals surface area contributed by atoms with Gasteiger partial charge in [-0.1, -0.05) is 49.7 Å². The number of fused-ring (bicyclic) bond motifs is 1. The van der Waals surface area contributed by atoms with Gasteiger partial charge in [-0.2, -0.15) is 0 Å². The molecular weight excluding hydrogens is 347 g/mol. The Balaban J connectivity index is 1.68. The Morgan fingerprint density at radius 2 is 1.92 bits per heavy atom. The van der Waals surface area contributed by atoms with Crippen LogP contribution in [0.15, 0.2) is 48.5 Å². The van der Waals surface area contributed by atoms with Gasteiger partial charge >= 0.3 is 0 Å². The Kier molecular flexibility index (Phi) is 5.30. The number of hydrogen-bond acceptors (Lipinski definition) is 2. The Hall–Kier alpha value is -1.42. The van der Waals surface area contributed by atoms with Crippen molar-refractivity contribution in [3.63, 3.8) is 0 Å². The van der Waals surface area contributed by atoms with Gasteiger partial charge in [0.15, 0.2) is 0 Å². The van der Waals surface area contributed by atoms with Gasteiger partial charge < -0.3 is 5.32 Å². The number of piperazine rings is 1. The van der Waals surface area contributed by atoms with E-state index in [1.807, 2.05) is 12.1 Å². The van der Waals surface area contributed by atoms with Gasteiger partial charge in [-0.25, -0.2) is 4.39 Å². The van der Waals surface area contributed by atoms with Crippen molar-refractivity contribution in [3.8, 4) is 0 Å². The predicted octanol–water partition coefficient (Wildman–Crippen LogP) is 5.19. The van der Waals surface area contributed by atoms with E-state index in [-0.39, 0.29) is 17.4 Å². The summed E-state index contributed by atoms with van der Waals surface area (Å²) in [7, 11) is 0. The summed E-state index contributed by atoms with van der Waals surface area (Å²) in [5, 5.41) is 3.62. The molecule has 26 heavy (non-hydrogen) atoms. The number of hydrogen-bond donors (Lipinski definition) is 1. The average molecular weight is 373 g/mol. The summed E-state index contributed by atoms with van der Waals surface area (Å²) in [4.78, 5) is 2.53. The normalized spacial score (nSPS) is 28.9. The molecule has 0 aromatic heterocycles. The Bertz CT molecular complexity index is 748. The van der Waals surface area contributed by atoms with Gasteiger partial charge in [0.05, 0.1) is 5.50 Å². The predicted molar refractivity (Wildman–Crippen MR) is 105 cm³/mol. The molecule has 4 atom stereocenters. The number of nitrogens with one attached hydrogen (secondary N) is 1. The highest BCUT2D eigenvalue weighted by Crippen LogP contribution is 2.43. The van der Waals surface area contributed by atoms with Crippen molar-refractivity contribution in [1.82, 2.24) is 10.2 Å². The highest BCUT2D eigenvalue weighted by atomic mass is 35.5. The van der Waals surface area contributed by atoms with Crippen LogP contribution < -0.4 is 5.32 Å². The first-order valence-electron chi connectivity index (χ1n) is 9.67. The first-order chi connectivity index (χ1) is 12.7. The molecule has 2 aromatic rings. The number of nitrogens with zero attached hydrogens (tertiary/aromatic N) is 1. The highest BCUT2D eigenvalue weighted by Gasteiger charge is 2.42. The molecule has 0 radical (unpaired) electrons. The Morgan fingerprint density at radius 3 is 2.69 bits per heavy atom. The molecule has 0 saturated carbocycles. The van der Waals surface area contributed by atoms with Crippen molar-refractivity contribution in [2.45, 2.75) is 56.2 Å².